The van der Waals surface area contributed by atoms with Crippen LogP contribution < -0.4 is 5.32 Å². The summed E-state index contributed by atoms with van der Waals surface area (Å²) in [6.07, 6.45) is 5.64. The molecule has 0 bridgehead atoms. The number of rotatable bonds is 8. The number of para-hydroxylation sites is 1. The van der Waals surface area contributed by atoms with E-state index in [2.05, 4.69) is 36.7 Å². The van der Waals surface area contributed by atoms with Gasteiger partial charge in [0, 0.05) is 17.2 Å². The van der Waals surface area contributed by atoms with Gasteiger partial charge in [-0.15, -0.1) is 5.10 Å². The van der Waals surface area contributed by atoms with Gasteiger partial charge in [-0.2, -0.15) is 5.10 Å². The van der Waals surface area contributed by atoms with Gasteiger partial charge in [0.15, 0.2) is 12.3 Å². The van der Waals surface area contributed by atoms with Crippen molar-refractivity contribution in [3.05, 3.63) is 87.9 Å². The standard InChI is InChI=1S/C22H18BrClN6O3/c23-16-6-7-20(18(24)10-16)30-13-19(27-28-30)22(32)33-14-21(31)25-9-8-15-11-26-29(12-15)17-4-2-1-3-5-17/h1-7,10-13H,8-9,14H2,(H,25,31). The molecule has 2 aromatic heterocycles. The van der Waals surface area contributed by atoms with Crippen molar-refractivity contribution in [2.24, 2.45) is 0 Å². The first-order chi connectivity index (χ1) is 16.0. The Kier molecular flexibility index (Phi) is 7.16. The largest absolute Gasteiger partial charge is 0.451 e. The van der Waals surface area contributed by atoms with Crippen LogP contribution in [0.5, 0.6) is 0 Å². The van der Waals surface area contributed by atoms with Gasteiger partial charge in [-0.05, 0) is 42.3 Å². The van der Waals surface area contributed by atoms with E-state index in [1.807, 2.05) is 36.5 Å². The van der Waals surface area contributed by atoms with Crippen LogP contribution in [-0.2, 0) is 16.0 Å². The van der Waals surface area contributed by atoms with Crippen molar-refractivity contribution in [1.29, 1.82) is 0 Å². The number of aromatic nitrogens is 5. The number of hydrogen-bond donors (Lipinski definition) is 1. The van der Waals surface area contributed by atoms with E-state index in [4.69, 9.17) is 16.3 Å². The van der Waals surface area contributed by atoms with Crippen molar-refractivity contribution in [2.45, 2.75) is 6.42 Å². The minimum Gasteiger partial charge on any atom is -0.451 e. The van der Waals surface area contributed by atoms with Crippen molar-refractivity contribution < 1.29 is 14.3 Å². The molecule has 0 aliphatic heterocycles. The fraction of sp³-hybridized carbons (Fsp3) is 0.136. The normalized spacial score (nSPS) is 10.7. The average Bonchev–Trinajstić information content (AvgIpc) is 3.48. The molecule has 4 rings (SSSR count). The van der Waals surface area contributed by atoms with Gasteiger partial charge in [0.05, 0.1) is 28.8 Å². The Balaban J connectivity index is 1.23. The number of nitrogens with one attached hydrogen (secondary N) is 1. The van der Waals surface area contributed by atoms with E-state index in [1.165, 1.54) is 10.9 Å². The van der Waals surface area contributed by atoms with Gasteiger partial charge < -0.3 is 10.1 Å². The quantitative estimate of drug-likeness (QED) is 0.351. The molecular formula is C22H18BrClN6O3. The smallest absolute Gasteiger partial charge is 0.361 e. The van der Waals surface area contributed by atoms with Crippen LogP contribution in [0.1, 0.15) is 16.1 Å². The number of benzene rings is 2. The molecule has 0 unspecified atom stereocenters. The summed E-state index contributed by atoms with van der Waals surface area (Å²) in [6.45, 7) is -0.0386. The van der Waals surface area contributed by atoms with Gasteiger partial charge in [-0.25, -0.2) is 14.2 Å². The number of amides is 1. The number of ether oxygens (including phenoxy) is 1. The highest BCUT2D eigenvalue weighted by atomic mass is 79.9. The Morgan fingerprint density at radius 3 is 2.70 bits per heavy atom. The lowest BCUT2D eigenvalue weighted by Gasteiger charge is -2.05. The average molecular weight is 530 g/mol. The molecule has 0 radical (unpaired) electrons. The van der Waals surface area contributed by atoms with Crippen molar-refractivity contribution in [1.82, 2.24) is 30.1 Å². The summed E-state index contributed by atoms with van der Waals surface area (Å²) in [4.78, 5) is 24.2. The zero-order valence-corrected chi connectivity index (χ0v) is 19.5. The third-order valence-electron chi connectivity index (χ3n) is 4.59. The highest BCUT2D eigenvalue weighted by Gasteiger charge is 2.16. The lowest BCUT2D eigenvalue weighted by Crippen LogP contribution is -2.30. The lowest BCUT2D eigenvalue weighted by molar-refractivity contribution is -0.124. The van der Waals surface area contributed by atoms with Crippen molar-refractivity contribution >= 4 is 39.4 Å². The predicted octanol–water partition coefficient (Wildman–Crippen LogP) is 3.38. The van der Waals surface area contributed by atoms with Gasteiger partial charge in [-0.3, -0.25) is 4.79 Å². The Morgan fingerprint density at radius 1 is 1.09 bits per heavy atom. The third-order valence-corrected chi connectivity index (χ3v) is 5.38. The first kappa shape index (κ1) is 22.7. The number of esters is 1. The molecule has 0 saturated heterocycles. The Morgan fingerprint density at radius 2 is 1.91 bits per heavy atom. The summed E-state index contributed by atoms with van der Waals surface area (Å²) in [5.74, 6) is -1.17. The molecule has 1 amide bonds. The molecule has 0 spiro atoms. The first-order valence-corrected chi connectivity index (χ1v) is 11.1. The van der Waals surface area contributed by atoms with Gasteiger partial charge >= 0.3 is 5.97 Å². The minimum atomic E-state index is -0.756. The number of carbonyl (C=O) groups is 2. The van der Waals surface area contributed by atoms with E-state index < -0.39 is 18.5 Å². The van der Waals surface area contributed by atoms with Crippen LogP contribution in [-0.4, -0.2) is 49.8 Å². The highest BCUT2D eigenvalue weighted by Crippen LogP contribution is 2.24. The van der Waals surface area contributed by atoms with Crippen LogP contribution >= 0.6 is 27.5 Å². The molecule has 0 fully saturated rings. The van der Waals surface area contributed by atoms with E-state index in [0.717, 1.165) is 15.7 Å². The summed E-state index contributed by atoms with van der Waals surface area (Å²) in [5, 5.41) is 15.1. The van der Waals surface area contributed by atoms with Gasteiger partial charge in [0.1, 0.15) is 0 Å². The van der Waals surface area contributed by atoms with E-state index in [1.54, 1.807) is 29.1 Å². The number of carbonyl (C=O) groups excluding carboxylic acids is 2. The third kappa shape index (κ3) is 5.85. The second kappa shape index (κ2) is 10.4. The maximum atomic E-state index is 12.2. The molecule has 2 aromatic carbocycles. The fourth-order valence-corrected chi connectivity index (χ4v) is 3.72. The summed E-state index contributed by atoms with van der Waals surface area (Å²) in [5.41, 5.74) is 2.45. The van der Waals surface area contributed by atoms with E-state index in [0.29, 0.717) is 23.7 Å². The maximum Gasteiger partial charge on any atom is 0.361 e. The van der Waals surface area contributed by atoms with Crippen LogP contribution in [0.15, 0.2) is 71.6 Å². The highest BCUT2D eigenvalue weighted by molar-refractivity contribution is 9.10. The minimum absolute atomic E-state index is 0.0323. The summed E-state index contributed by atoms with van der Waals surface area (Å²) >= 11 is 9.52. The van der Waals surface area contributed by atoms with Crippen LogP contribution in [0.4, 0.5) is 0 Å². The zero-order chi connectivity index (χ0) is 23.2. The molecule has 0 aliphatic rings. The topological polar surface area (TPSA) is 104 Å². The molecule has 9 nitrogen and oxygen atoms in total. The van der Waals surface area contributed by atoms with Crippen LogP contribution in [0.25, 0.3) is 11.4 Å². The zero-order valence-electron chi connectivity index (χ0n) is 17.2. The molecule has 4 aromatic rings. The Labute approximate surface area is 202 Å². The van der Waals surface area contributed by atoms with Crippen LogP contribution in [0, 0.1) is 0 Å². The summed E-state index contributed by atoms with van der Waals surface area (Å²) in [6, 6.07) is 15.0. The first-order valence-electron chi connectivity index (χ1n) is 9.90. The Bertz CT molecular complexity index is 1270. The molecule has 1 N–H and O–H groups in total. The van der Waals surface area contributed by atoms with Crippen molar-refractivity contribution in [3.63, 3.8) is 0 Å². The fourth-order valence-electron chi connectivity index (χ4n) is 2.96. The molecule has 0 saturated carbocycles. The van der Waals surface area contributed by atoms with Crippen LogP contribution in [0.3, 0.4) is 0 Å². The second-order valence-electron chi connectivity index (χ2n) is 6.95. The molecular weight excluding hydrogens is 512 g/mol. The molecule has 2 heterocycles. The van der Waals surface area contributed by atoms with Gasteiger partial charge in [0.2, 0.25) is 0 Å². The molecule has 168 valence electrons. The second-order valence-corrected chi connectivity index (χ2v) is 8.27. The van der Waals surface area contributed by atoms with Gasteiger partial charge in [-0.1, -0.05) is 50.9 Å². The molecule has 0 aliphatic carbocycles. The van der Waals surface area contributed by atoms with Gasteiger partial charge in [0.25, 0.3) is 5.91 Å². The van der Waals surface area contributed by atoms with Crippen LogP contribution in [0.2, 0.25) is 5.02 Å². The molecule has 33 heavy (non-hydrogen) atoms. The summed E-state index contributed by atoms with van der Waals surface area (Å²) in [7, 11) is 0. The Hall–Kier alpha value is -3.50. The maximum absolute atomic E-state index is 12.2. The lowest BCUT2D eigenvalue weighted by atomic mass is 10.2. The number of halogens is 2. The van der Waals surface area contributed by atoms with E-state index in [9.17, 15) is 9.59 Å². The van der Waals surface area contributed by atoms with E-state index in [-0.39, 0.29) is 5.69 Å². The monoisotopic (exact) mass is 528 g/mol. The van der Waals surface area contributed by atoms with Crippen molar-refractivity contribution in [3.8, 4) is 11.4 Å². The van der Waals surface area contributed by atoms with Crippen molar-refractivity contribution in [2.75, 3.05) is 13.2 Å². The predicted molar refractivity (Wildman–Crippen MR) is 125 cm³/mol. The molecule has 11 heteroatoms. The summed E-state index contributed by atoms with van der Waals surface area (Å²) < 4.78 is 8.97. The number of nitrogens with zero attached hydrogens (tertiary/aromatic N) is 5. The SMILES string of the molecule is O=C(COC(=O)c1cn(-c2ccc(Br)cc2Cl)nn1)NCCc1cnn(-c2ccccc2)c1. The number of hydrogen-bond acceptors (Lipinski definition) is 6. The van der Waals surface area contributed by atoms with E-state index >= 15 is 0 Å². The molecule has 0 atom stereocenters.